The van der Waals surface area contributed by atoms with Crippen molar-refractivity contribution in [2.75, 3.05) is 7.05 Å². The van der Waals surface area contributed by atoms with Gasteiger partial charge in [-0.25, -0.2) is 0 Å². The molecular formula is C10H14N2O2. The van der Waals surface area contributed by atoms with Gasteiger partial charge in [0, 0.05) is 7.05 Å². The third-order valence-electron chi connectivity index (χ3n) is 2.32. The summed E-state index contributed by atoms with van der Waals surface area (Å²) in [4.78, 5) is 10.2. The molecule has 0 saturated carbocycles. The maximum atomic E-state index is 10.2. The van der Waals surface area contributed by atoms with E-state index in [0.29, 0.717) is 0 Å². The zero-order valence-electron chi connectivity index (χ0n) is 8.29. The molecule has 4 nitrogen and oxygen atoms in total. The highest BCUT2D eigenvalue weighted by atomic mass is 16.3. The maximum absolute atomic E-state index is 10.2. The van der Waals surface area contributed by atoms with Crippen LogP contribution in [0.2, 0.25) is 0 Å². The monoisotopic (exact) mass is 194 g/mol. The van der Waals surface area contributed by atoms with Crippen molar-refractivity contribution in [2.45, 2.75) is 19.1 Å². The second-order valence-electron chi connectivity index (χ2n) is 3.25. The Balaban J connectivity index is 2.75. The largest absolute Gasteiger partial charge is 0.386 e. The fourth-order valence-electron chi connectivity index (χ4n) is 1.21. The predicted molar refractivity (Wildman–Crippen MR) is 54.4 cm³/mol. The van der Waals surface area contributed by atoms with E-state index in [-0.39, 0.29) is 6.04 Å². The van der Waals surface area contributed by atoms with Crippen molar-refractivity contribution in [3.8, 4) is 0 Å². The van der Waals surface area contributed by atoms with Crippen LogP contribution in [0.15, 0.2) is 35.6 Å². The summed E-state index contributed by atoms with van der Waals surface area (Å²) in [6.07, 6.45) is -0.695. The van der Waals surface area contributed by atoms with Crippen LogP contribution in [0.3, 0.4) is 0 Å². The van der Waals surface area contributed by atoms with Crippen LogP contribution in [0.4, 0.5) is 0 Å². The summed E-state index contributed by atoms with van der Waals surface area (Å²) in [7, 11) is 1.55. The molecule has 0 amide bonds. The SMILES string of the molecule is C[C@@H]([C@H](O)c1ccccc1)N(C)N=O. The number of rotatable bonds is 4. The number of likely N-dealkylation sites (N-methyl/N-ethyl adjacent to an activating group) is 1. The molecule has 0 radical (unpaired) electrons. The lowest BCUT2D eigenvalue weighted by Crippen LogP contribution is -2.29. The van der Waals surface area contributed by atoms with Crippen LogP contribution >= 0.6 is 0 Å². The summed E-state index contributed by atoms with van der Waals surface area (Å²) in [5, 5.41) is 13.8. The van der Waals surface area contributed by atoms with Crippen molar-refractivity contribution in [3.63, 3.8) is 0 Å². The first kappa shape index (κ1) is 10.7. The molecule has 0 spiro atoms. The second-order valence-corrected chi connectivity index (χ2v) is 3.25. The Kier molecular flexibility index (Phi) is 3.59. The number of benzene rings is 1. The van der Waals surface area contributed by atoms with Crippen molar-refractivity contribution in [3.05, 3.63) is 40.8 Å². The quantitative estimate of drug-likeness (QED) is 0.586. The van der Waals surface area contributed by atoms with E-state index in [9.17, 15) is 10.0 Å². The van der Waals surface area contributed by atoms with Gasteiger partial charge in [-0.05, 0) is 12.5 Å². The topological polar surface area (TPSA) is 52.9 Å². The Morgan fingerprint density at radius 3 is 2.43 bits per heavy atom. The zero-order valence-corrected chi connectivity index (χ0v) is 8.29. The molecule has 0 aromatic heterocycles. The van der Waals surface area contributed by atoms with Crippen LogP contribution < -0.4 is 0 Å². The third kappa shape index (κ3) is 2.29. The minimum atomic E-state index is -0.695. The van der Waals surface area contributed by atoms with Crippen LogP contribution in [0.25, 0.3) is 0 Å². The Morgan fingerprint density at radius 2 is 1.93 bits per heavy atom. The fraction of sp³-hybridized carbons (Fsp3) is 0.400. The highest BCUT2D eigenvalue weighted by Crippen LogP contribution is 2.19. The van der Waals surface area contributed by atoms with Gasteiger partial charge in [-0.2, -0.15) is 0 Å². The van der Waals surface area contributed by atoms with E-state index in [2.05, 4.69) is 5.29 Å². The lowest BCUT2D eigenvalue weighted by atomic mass is 10.0. The molecule has 2 atom stereocenters. The average Bonchev–Trinajstić information content (AvgIpc) is 2.27. The molecule has 0 aliphatic carbocycles. The van der Waals surface area contributed by atoms with Gasteiger partial charge in [-0.1, -0.05) is 30.3 Å². The summed E-state index contributed by atoms with van der Waals surface area (Å²) in [5.41, 5.74) is 0.788. The van der Waals surface area contributed by atoms with Gasteiger partial charge in [0.15, 0.2) is 0 Å². The lowest BCUT2D eigenvalue weighted by Gasteiger charge is -2.23. The van der Waals surface area contributed by atoms with E-state index in [1.165, 1.54) is 5.01 Å². The molecular weight excluding hydrogens is 180 g/mol. The average molecular weight is 194 g/mol. The van der Waals surface area contributed by atoms with E-state index in [1.54, 1.807) is 14.0 Å². The van der Waals surface area contributed by atoms with Crippen LogP contribution in [0.5, 0.6) is 0 Å². The molecule has 0 fully saturated rings. The number of aliphatic hydroxyl groups excluding tert-OH is 1. The summed E-state index contributed by atoms with van der Waals surface area (Å²) >= 11 is 0. The molecule has 1 rings (SSSR count). The normalized spacial score (nSPS) is 14.5. The Morgan fingerprint density at radius 1 is 1.36 bits per heavy atom. The van der Waals surface area contributed by atoms with E-state index in [4.69, 9.17) is 0 Å². The van der Waals surface area contributed by atoms with Gasteiger partial charge >= 0.3 is 0 Å². The number of hydrogen-bond donors (Lipinski definition) is 1. The van der Waals surface area contributed by atoms with Crippen molar-refractivity contribution < 1.29 is 5.11 Å². The van der Waals surface area contributed by atoms with Crippen LogP contribution in [-0.2, 0) is 0 Å². The molecule has 4 heteroatoms. The van der Waals surface area contributed by atoms with Crippen LogP contribution in [0.1, 0.15) is 18.6 Å². The van der Waals surface area contributed by atoms with Gasteiger partial charge in [0.05, 0.1) is 11.3 Å². The van der Waals surface area contributed by atoms with Gasteiger partial charge < -0.3 is 5.11 Å². The van der Waals surface area contributed by atoms with Crippen molar-refractivity contribution in [1.29, 1.82) is 0 Å². The van der Waals surface area contributed by atoms with Crippen LogP contribution in [-0.4, -0.2) is 23.2 Å². The minimum absolute atomic E-state index is 0.324. The molecule has 0 aliphatic rings. The van der Waals surface area contributed by atoms with Crippen molar-refractivity contribution >= 4 is 0 Å². The van der Waals surface area contributed by atoms with Gasteiger partial charge in [0.2, 0.25) is 0 Å². The first-order chi connectivity index (χ1) is 6.66. The number of nitrogens with zero attached hydrogens (tertiary/aromatic N) is 2. The van der Waals surface area contributed by atoms with Crippen LogP contribution in [0, 0.1) is 4.91 Å². The summed E-state index contributed by atoms with van der Waals surface area (Å²) in [5.74, 6) is 0. The van der Waals surface area contributed by atoms with Crippen molar-refractivity contribution in [2.24, 2.45) is 5.29 Å². The van der Waals surface area contributed by atoms with Gasteiger partial charge in [-0.15, -0.1) is 4.91 Å². The molecule has 14 heavy (non-hydrogen) atoms. The Labute approximate surface area is 83.1 Å². The van der Waals surface area contributed by atoms with Crippen molar-refractivity contribution in [1.82, 2.24) is 5.01 Å². The second kappa shape index (κ2) is 4.72. The highest BCUT2D eigenvalue weighted by Gasteiger charge is 2.19. The minimum Gasteiger partial charge on any atom is -0.386 e. The first-order valence-electron chi connectivity index (χ1n) is 4.46. The molecule has 0 heterocycles. The zero-order chi connectivity index (χ0) is 10.6. The van der Waals surface area contributed by atoms with Gasteiger partial charge in [-0.3, -0.25) is 5.01 Å². The predicted octanol–water partition coefficient (Wildman–Crippen LogP) is 1.72. The van der Waals surface area contributed by atoms with E-state index >= 15 is 0 Å². The summed E-state index contributed by atoms with van der Waals surface area (Å²) < 4.78 is 0. The highest BCUT2D eigenvalue weighted by molar-refractivity contribution is 5.18. The molecule has 1 aromatic rings. The Bertz CT molecular complexity index is 289. The number of hydrogen-bond acceptors (Lipinski definition) is 3. The van der Waals surface area contributed by atoms with Gasteiger partial charge in [0.1, 0.15) is 6.10 Å². The van der Waals surface area contributed by atoms with E-state index in [1.807, 2.05) is 30.3 Å². The standard InChI is InChI=1S/C10H14N2O2/c1-8(12(2)11-14)10(13)9-6-4-3-5-7-9/h3-8,10,13H,1-2H3/t8-,10-/m0/s1. The molecule has 0 saturated heterocycles. The molecule has 76 valence electrons. The molecule has 0 unspecified atom stereocenters. The summed E-state index contributed by atoms with van der Waals surface area (Å²) in [6, 6.07) is 8.89. The fourth-order valence-corrected chi connectivity index (χ4v) is 1.21. The molecule has 0 aliphatic heterocycles. The number of nitroso groups, excluding NO2 is 1. The van der Waals surface area contributed by atoms with E-state index < -0.39 is 6.10 Å². The Hall–Kier alpha value is -1.42. The number of aliphatic hydroxyl groups is 1. The van der Waals surface area contributed by atoms with Gasteiger partial charge in [0.25, 0.3) is 0 Å². The molecule has 0 bridgehead atoms. The summed E-state index contributed by atoms with van der Waals surface area (Å²) in [6.45, 7) is 1.75. The smallest absolute Gasteiger partial charge is 0.101 e. The molecule has 1 N–H and O–H groups in total. The maximum Gasteiger partial charge on any atom is 0.101 e. The molecule has 1 aromatic carbocycles. The lowest BCUT2D eigenvalue weighted by molar-refractivity contribution is 0.0733. The van der Waals surface area contributed by atoms with E-state index in [0.717, 1.165) is 5.56 Å². The first-order valence-corrected chi connectivity index (χ1v) is 4.46. The third-order valence-corrected chi connectivity index (χ3v) is 2.32.